The molecule has 2 atom stereocenters. The maximum Gasteiger partial charge on any atom is 0.255 e. The van der Waals surface area contributed by atoms with Gasteiger partial charge in [0.15, 0.2) is 11.5 Å². The molecule has 1 fully saturated rings. The molecule has 110 valence electrons. The second kappa shape index (κ2) is 6.88. The Bertz CT molecular complexity index is 478. The topological polar surface area (TPSA) is 58.6 Å². The molecule has 1 aliphatic carbocycles. The van der Waals surface area contributed by atoms with E-state index >= 15 is 0 Å². The van der Waals surface area contributed by atoms with Gasteiger partial charge in [0.2, 0.25) is 0 Å². The van der Waals surface area contributed by atoms with Gasteiger partial charge in [0.05, 0.1) is 12.7 Å². The minimum absolute atomic E-state index is 0.0924. The van der Waals surface area contributed by atoms with E-state index < -0.39 is 0 Å². The average molecular weight is 295 g/mol. The Kier molecular flexibility index (Phi) is 5.17. The lowest BCUT2D eigenvalue weighted by molar-refractivity contribution is 0.0935. The highest BCUT2D eigenvalue weighted by molar-refractivity contribution is 7.99. The van der Waals surface area contributed by atoms with E-state index in [4.69, 9.17) is 4.74 Å². The number of aromatic hydroxyl groups is 1. The van der Waals surface area contributed by atoms with Crippen LogP contribution in [0.25, 0.3) is 0 Å². The molecule has 1 amide bonds. The fourth-order valence-corrected chi connectivity index (χ4v) is 3.82. The van der Waals surface area contributed by atoms with Gasteiger partial charge in [0.1, 0.15) is 0 Å². The molecule has 1 aliphatic rings. The Morgan fingerprint density at radius 1 is 1.50 bits per heavy atom. The van der Waals surface area contributed by atoms with E-state index in [9.17, 15) is 9.90 Å². The summed E-state index contributed by atoms with van der Waals surface area (Å²) in [6.07, 6.45) is 3.30. The summed E-state index contributed by atoms with van der Waals surface area (Å²) in [5, 5.41) is 13.5. The van der Waals surface area contributed by atoms with Crippen LogP contribution in [0.5, 0.6) is 11.5 Å². The number of methoxy groups -OCH3 is 1. The van der Waals surface area contributed by atoms with Crippen molar-refractivity contribution in [3.63, 3.8) is 0 Å². The highest BCUT2D eigenvalue weighted by atomic mass is 32.2. The fraction of sp³-hybridized carbons (Fsp3) is 0.533. The molecule has 1 aromatic carbocycles. The second-order valence-corrected chi connectivity index (χ2v) is 6.38. The van der Waals surface area contributed by atoms with E-state index in [0.29, 0.717) is 11.0 Å². The summed E-state index contributed by atoms with van der Waals surface area (Å²) in [5.41, 5.74) is 0.275. The number of amides is 1. The van der Waals surface area contributed by atoms with Gasteiger partial charge in [0, 0.05) is 11.3 Å². The van der Waals surface area contributed by atoms with Gasteiger partial charge in [-0.2, -0.15) is 11.8 Å². The lowest BCUT2D eigenvalue weighted by atomic mass is 10.1. The molecule has 2 unspecified atom stereocenters. The largest absolute Gasteiger partial charge is 0.504 e. The van der Waals surface area contributed by atoms with Gasteiger partial charge in [-0.15, -0.1) is 0 Å². The van der Waals surface area contributed by atoms with Crippen molar-refractivity contribution in [2.24, 2.45) is 0 Å². The molecule has 0 saturated heterocycles. The first-order valence-corrected chi connectivity index (χ1v) is 8.00. The van der Waals surface area contributed by atoms with Crippen LogP contribution in [0, 0.1) is 0 Å². The van der Waals surface area contributed by atoms with Crippen LogP contribution in [-0.4, -0.2) is 35.2 Å². The third-order valence-electron chi connectivity index (χ3n) is 3.61. The Labute approximate surface area is 123 Å². The fourth-order valence-electron chi connectivity index (χ4n) is 2.62. The third kappa shape index (κ3) is 3.20. The van der Waals surface area contributed by atoms with Gasteiger partial charge >= 0.3 is 0 Å². The van der Waals surface area contributed by atoms with Gasteiger partial charge < -0.3 is 15.2 Å². The van der Waals surface area contributed by atoms with Crippen molar-refractivity contribution in [3.05, 3.63) is 23.8 Å². The van der Waals surface area contributed by atoms with E-state index in [2.05, 4.69) is 12.2 Å². The summed E-state index contributed by atoms with van der Waals surface area (Å²) in [4.78, 5) is 12.3. The van der Waals surface area contributed by atoms with Crippen molar-refractivity contribution in [1.29, 1.82) is 0 Å². The van der Waals surface area contributed by atoms with Gasteiger partial charge in [0.25, 0.3) is 5.91 Å². The van der Waals surface area contributed by atoms with Crippen LogP contribution in [0.15, 0.2) is 18.2 Å². The van der Waals surface area contributed by atoms with Crippen molar-refractivity contribution < 1.29 is 14.6 Å². The summed E-state index contributed by atoms with van der Waals surface area (Å²) in [6.45, 7) is 2.13. The number of para-hydroxylation sites is 1. The second-order valence-electron chi connectivity index (χ2n) is 4.86. The molecule has 5 heteroatoms. The van der Waals surface area contributed by atoms with E-state index in [1.54, 1.807) is 18.2 Å². The first-order valence-electron chi connectivity index (χ1n) is 6.95. The predicted octanol–water partition coefficient (Wildman–Crippen LogP) is 2.80. The number of benzene rings is 1. The number of carbonyl (C=O) groups excluding carboxylic acids is 1. The zero-order valence-corrected chi connectivity index (χ0v) is 12.7. The first-order chi connectivity index (χ1) is 9.67. The van der Waals surface area contributed by atoms with Crippen LogP contribution in [0.1, 0.15) is 36.5 Å². The summed E-state index contributed by atoms with van der Waals surface area (Å²) in [7, 11) is 1.47. The van der Waals surface area contributed by atoms with Crippen molar-refractivity contribution in [2.45, 2.75) is 37.5 Å². The molecule has 1 saturated carbocycles. The number of phenols is 1. The van der Waals surface area contributed by atoms with Crippen molar-refractivity contribution >= 4 is 17.7 Å². The molecule has 0 aromatic heterocycles. The summed E-state index contributed by atoms with van der Waals surface area (Å²) in [6, 6.07) is 5.15. The number of hydrogen-bond acceptors (Lipinski definition) is 4. The first kappa shape index (κ1) is 15.0. The van der Waals surface area contributed by atoms with Gasteiger partial charge in [-0.3, -0.25) is 4.79 Å². The van der Waals surface area contributed by atoms with Gasteiger partial charge in [-0.05, 0) is 30.7 Å². The number of hydrogen-bond donors (Lipinski definition) is 2. The standard InChI is InChI=1S/C15H21NO3S/c1-3-20-13-9-5-7-11(13)16-15(18)10-6-4-8-12(19-2)14(10)17/h4,6,8,11,13,17H,3,5,7,9H2,1-2H3,(H,16,18). The van der Waals surface area contributed by atoms with Gasteiger partial charge in [-0.25, -0.2) is 0 Å². The van der Waals surface area contributed by atoms with Crippen molar-refractivity contribution in [2.75, 3.05) is 12.9 Å². The normalized spacial score (nSPS) is 21.7. The zero-order chi connectivity index (χ0) is 14.5. The number of carbonyl (C=O) groups is 1. The minimum Gasteiger partial charge on any atom is -0.504 e. The number of nitrogens with one attached hydrogen (secondary N) is 1. The van der Waals surface area contributed by atoms with E-state index in [0.717, 1.165) is 25.0 Å². The molecule has 1 aromatic rings. The van der Waals surface area contributed by atoms with E-state index in [-0.39, 0.29) is 23.3 Å². The number of thioether (sulfide) groups is 1. The number of phenolic OH excluding ortho intramolecular Hbond substituents is 1. The minimum atomic E-state index is -0.227. The summed E-state index contributed by atoms with van der Waals surface area (Å²) >= 11 is 1.89. The van der Waals surface area contributed by atoms with Crippen LogP contribution in [0.4, 0.5) is 0 Å². The Balaban J connectivity index is 2.08. The maximum atomic E-state index is 12.3. The zero-order valence-electron chi connectivity index (χ0n) is 11.9. The molecule has 20 heavy (non-hydrogen) atoms. The van der Waals surface area contributed by atoms with E-state index in [1.165, 1.54) is 7.11 Å². The number of rotatable bonds is 5. The molecule has 0 aliphatic heterocycles. The molecular weight excluding hydrogens is 274 g/mol. The SMILES string of the molecule is CCSC1CCCC1NC(=O)c1cccc(OC)c1O. The van der Waals surface area contributed by atoms with Crippen LogP contribution >= 0.6 is 11.8 Å². The van der Waals surface area contributed by atoms with Crippen molar-refractivity contribution in [1.82, 2.24) is 5.32 Å². The molecule has 0 bridgehead atoms. The molecule has 2 N–H and O–H groups in total. The van der Waals surface area contributed by atoms with Gasteiger partial charge in [-0.1, -0.05) is 19.4 Å². The Hall–Kier alpha value is -1.36. The molecule has 2 rings (SSSR count). The molecular formula is C15H21NO3S. The highest BCUT2D eigenvalue weighted by Crippen LogP contribution is 2.32. The van der Waals surface area contributed by atoms with Crippen LogP contribution in [-0.2, 0) is 0 Å². The van der Waals surface area contributed by atoms with Crippen LogP contribution in [0.3, 0.4) is 0 Å². The molecule has 0 heterocycles. The van der Waals surface area contributed by atoms with E-state index in [1.807, 2.05) is 11.8 Å². The molecule has 0 spiro atoms. The number of ether oxygens (including phenoxy) is 1. The lowest BCUT2D eigenvalue weighted by Gasteiger charge is -2.20. The smallest absolute Gasteiger partial charge is 0.255 e. The molecule has 4 nitrogen and oxygen atoms in total. The quantitative estimate of drug-likeness (QED) is 0.877. The predicted molar refractivity (Wildman–Crippen MR) is 81.7 cm³/mol. The third-order valence-corrected chi connectivity index (χ3v) is 4.94. The van der Waals surface area contributed by atoms with Crippen LogP contribution in [0.2, 0.25) is 0 Å². The highest BCUT2D eigenvalue weighted by Gasteiger charge is 2.29. The van der Waals surface area contributed by atoms with Crippen molar-refractivity contribution in [3.8, 4) is 11.5 Å². The summed E-state index contributed by atoms with van der Waals surface area (Å²) < 4.78 is 5.03. The van der Waals surface area contributed by atoms with Crippen LogP contribution < -0.4 is 10.1 Å². The molecule has 0 radical (unpaired) electrons. The summed E-state index contributed by atoms with van der Waals surface area (Å²) in [5.74, 6) is 1.06. The Morgan fingerprint density at radius 3 is 3.00 bits per heavy atom. The average Bonchev–Trinajstić information content (AvgIpc) is 2.86. The Morgan fingerprint density at radius 2 is 2.30 bits per heavy atom. The monoisotopic (exact) mass is 295 g/mol. The maximum absolute atomic E-state index is 12.3. The lowest BCUT2D eigenvalue weighted by Crippen LogP contribution is -2.38.